The Kier molecular flexibility index (Phi) is 7.11. The summed E-state index contributed by atoms with van der Waals surface area (Å²) in [4.78, 5) is 0.238. The second kappa shape index (κ2) is 8.09. The van der Waals surface area contributed by atoms with Crippen molar-refractivity contribution >= 4 is 26.0 Å². The molecule has 1 aromatic carbocycles. The van der Waals surface area contributed by atoms with Crippen LogP contribution in [-0.2, 0) is 21.3 Å². The summed E-state index contributed by atoms with van der Waals surface area (Å²) < 4.78 is 32.7. The highest BCUT2D eigenvalue weighted by atomic mass is 79.9. The van der Waals surface area contributed by atoms with E-state index >= 15 is 0 Å². The van der Waals surface area contributed by atoms with Gasteiger partial charge < -0.3 is 10.1 Å². The van der Waals surface area contributed by atoms with Gasteiger partial charge in [0.2, 0.25) is 10.0 Å². The van der Waals surface area contributed by atoms with Gasteiger partial charge in [-0.3, -0.25) is 0 Å². The molecule has 0 bridgehead atoms. The molecule has 0 heterocycles. The molecule has 0 aliphatic rings. The predicted molar refractivity (Wildman–Crippen MR) is 83.2 cm³/mol. The molecular weight excluding hydrogens is 344 g/mol. The van der Waals surface area contributed by atoms with Crippen LogP contribution in [0.2, 0.25) is 0 Å². The van der Waals surface area contributed by atoms with Crippen LogP contribution in [0.15, 0.2) is 27.6 Å². The van der Waals surface area contributed by atoms with Crippen LogP contribution in [0, 0.1) is 0 Å². The van der Waals surface area contributed by atoms with Gasteiger partial charge in [-0.1, -0.05) is 6.07 Å². The Bertz CT molecular complexity index is 532. The van der Waals surface area contributed by atoms with E-state index in [9.17, 15) is 8.42 Å². The largest absolute Gasteiger partial charge is 0.377 e. The molecule has 5 nitrogen and oxygen atoms in total. The van der Waals surface area contributed by atoms with Crippen LogP contribution in [0.25, 0.3) is 0 Å². The maximum Gasteiger partial charge on any atom is 0.241 e. The van der Waals surface area contributed by atoms with Crippen molar-refractivity contribution in [2.24, 2.45) is 0 Å². The number of halogens is 1. The molecule has 1 aromatic rings. The molecule has 0 unspecified atom stereocenters. The summed E-state index contributed by atoms with van der Waals surface area (Å²) >= 11 is 3.31. The lowest BCUT2D eigenvalue weighted by Gasteiger charge is -2.11. The molecule has 0 atom stereocenters. The Labute approximate surface area is 129 Å². The Hall–Kier alpha value is -0.470. The first-order valence-corrected chi connectivity index (χ1v) is 8.68. The molecule has 2 N–H and O–H groups in total. The molecule has 0 saturated carbocycles. The van der Waals surface area contributed by atoms with Crippen molar-refractivity contribution in [1.29, 1.82) is 0 Å². The smallest absolute Gasteiger partial charge is 0.241 e. The van der Waals surface area contributed by atoms with E-state index < -0.39 is 10.0 Å². The van der Waals surface area contributed by atoms with E-state index in [0.29, 0.717) is 17.6 Å². The number of rotatable bonds is 8. The van der Waals surface area contributed by atoms with Gasteiger partial charge >= 0.3 is 0 Å². The number of hydrogen-bond donors (Lipinski definition) is 2. The average molecular weight is 365 g/mol. The molecule has 0 saturated heterocycles. The first kappa shape index (κ1) is 17.6. The number of ether oxygens (including phenoxy) is 1. The van der Waals surface area contributed by atoms with Crippen LogP contribution in [0.1, 0.15) is 19.4 Å². The summed E-state index contributed by atoms with van der Waals surface area (Å²) in [6.07, 6.45) is 0.0899. The SMILES string of the molecule is CNCc1ccc(S(=O)(=O)NCCOC(C)C)c(Br)c1. The molecule has 0 aliphatic carbocycles. The van der Waals surface area contributed by atoms with Crippen LogP contribution in [0.4, 0.5) is 0 Å². The minimum Gasteiger partial charge on any atom is -0.377 e. The van der Waals surface area contributed by atoms with Gasteiger partial charge in [0.1, 0.15) is 0 Å². The minimum absolute atomic E-state index is 0.0899. The van der Waals surface area contributed by atoms with Gasteiger partial charge in [-0.15, -0.1) is 0 Å². The lowest BCUT2D eigenvalue weighted by atomic mass is 10.2. The van der Waals surface area contributed by atoms with Crippen molar-refractivity contribution in [3.63, 3.8) is 0 Å². The maximum absolute atomic E-state index is 12.2. The van der Waals surface area contributed by atoms with Gasteiger partial charge in [-0.25, -0.2) is 13.1 Å². The molecule has 0 fully saturated rings. The second-order valence-corrected chi connectivity index (χ2v) is 7.20. The molecule has 7 heteroatoms. The third kappa shape index (κ3) is 5.49. The quantitative estimate of drug-likeness (QED) is 0.691. The Balaban J connectivity index is 2.72. The van der Waals surface area contributed by atoms with Gasteiger partial charge in [0.25, 0.3) is 0 Å². The van der Waals surface area contributed by atoms with E-state index in [4.69, 9.17) is 4.74 Å². The van der Waals surface area contributed by atoms with Crippen LogP contribution < -0.4 is 10.0 Å². The first-order valence-electron chi connectivity index (χ1n) is 6.41. The van der Waals surface area contributed by atoms with Crippen LogP contribution >= 0.6 is 15.9 Å². The topological polar surface area (TPSA) is 67.4 Å². The summed E-state index contributed by atoms with van der Waals surface area (Å²) in [6.45, 7) is 5.11. The van der Waals surface area contributed by atoms with Crippen molar-refractivity contribution in [1.82, 2.24) is 10.0 Å². The zero-order valence-electron chi connectivity index (χ0n) is 11.9. The highest BCUT2D eigenvalue weighted by Gasteiger charge is 2.17. The fourth-order valence-corrected chi connectivity index (χ4v) is 3.76. The van der Waals surface area contributed by atoms with Gasteiger partial charge in [-0.05, 0) is 54.5 Å². The molecule has 1 rings (SSSR count). The molecular formula is C13H21BrN2O3S. The highest BCUT2D eigenvalue weighted by Crippen LogP contribution is 2.23. The minimum atomic E-state index is -3.52. The summed E-state index contributed by atoms with van der Waals surface area (Å²) in [5.74, 6) is 0. The number of sulfonamides is 1. The normalized spacial score (nSPS) is 12.1. The summed E-state index contributed by atoms with van der Waals surface area (Å²) in [5, 5.41) is 3.02. The molecule has 0 spiro atoms. The van der Waals surface area contributed by atoms with Gasteiger partial charge in [-0.2, -0.15) is 0 Å². The predicted octanol–water partition coefficient (Wildman–Crippen LogP) is 1.87. The molecule has 0 aliphatic heterocycles. The van der Waals surface area contributed by atoms with E-state index in [-0.39, 0.29) is 17.5 Å². The fourth-order valence-electron chi connectivity index (χ4n) is 1.62. The Morgan fingerprint density at radius 3 is 2.60 bits per heavy atom. The van der Waals surface area contributed by atoms with Crippen molar-refractivity contribution in [2.75, 3.05) is 20.2 Å². The molecule has 20 heavy (non-hydrogen) atoms. The summed E-state index contributed by atoms with van der Waals surface area (Å²) in [7, 11) is -1.68. The summed E-state index contributed by atoms with van der Waals surface area (Å²) in [6, 6.07) is 5.19. The third-order valence-electron chi connectivity index (χ3n) is 2.51. The van der Waals surface area contributed by atoms with Gasteiger partial charge in [0.15, 0.2) is 0 Å². The van der Waals surface area contributed by atoms with Crippen molar-refractivity contribution in [3.05, 3.63) is 28.2 Å². The van der Waals surface area contributed by atoms with Crippen LogP contribution in [-0.4, -0.2) is 34.7 Å². The monoisotopic (exact) mass is 364 g/mol. The van der Waals surface area contributed by atoms with Crippen molar-refractivity contribution in [3.8, 4) is 0 Å². The average Bonchev–Trinajstić information content (AvgIpc) is 2.34. The molecule has 0 aromatic heterocycles. The lowest BCUT2D eigenvalue weighted by molar-refractivity contribution is 0.0834. The molecule has 0 amide bonds. The Morgan fingerprint density at radius 1 is 1.35 bits per heavy atom. The van der Waals surface area contributed by atoms with Gasteiger partial charge in [0.05, 0.1) is 17.6 Å². The summed E-state index contributed by atoms with van der Waals surface area (Å²) in [5.41, 5.74) is 1.02. The van der Waals surface area contributed by atoms with Crippen LogP contribution in [0.3, 0.4) is 0 Å². The molecule has 0 radical (unpaired) electrons. The van der Waals surface area contributed by atoms with E-state index in [1.807, 2.05) is 20.9 Å². The lowest BCUT2D eigenvalue weighted by Crippen LogP contribution is -2.28. The van der Waals surface area contributed by atoms with Gasteiger partial charge in [0, 0.05) is 17.6 Å². The Morgan fingerprint density at radius 2 is 2.05 bits per heavy atom. The number of hydrogen-bond acceptors (Lipinski definition) is 4. The zero-order valence-corrected chi connectivity index (χ0v) is 14.3. The standard InChI is InChI=1S/C13H21BrN2O3S/c1-10(2)19-7-6-16-20(17,18)13-5-4-11(9-15-3)8-12(13)14/h4-5,8,10,15-16H,6-7,9H2,1-3H3. The van der Waals surface area contributed by atoms with E-state index in [1.54, 1.807) is 18.2 Å². The maximum atomic E-state index is 12.2. The van der Waals surface area contributed by atoms with E-state index in [0.717, 1.165) is 5.56 Å². The van der Waals surface area contributed by atoms with Crippen molar-refractivity contribution in [2.45, 2.75) is 31.4 Å². The number of benzene rings is 1. The van der Waals surface area contributed by atoms with Crippen LogP contribution in [0.5, 0.6) is 0 Å². The molecule has 114 valence electrons. The van der Waals surface area contributed by atoms with E-state index in [1.165, 1.54) is 0 Å². The highest BCUT2D eigenvalue weighted by molar-refractivity contribution is 9.10. The van der Waals surface area contributed by atoms with Crippen molar-refractivity contribution < 1.29 is 13.2 Å². The fraction of sp³-hybridized carbons (Fsp3) is 0.538. The zero-order chi connectivity index (χ0) is 15.2. The second-order valence-electron chi connectivity index (χ2n) is 4.61. The third-order valence-corrected chi connectivity index (χ3v) is 4.95. The number of nitrogens with one attached hydrogen (secondary N) is 2. The first-order chi connectivity index (χ1) is 9.36. The van der Waals surface area contributed by atoms with E-state index in [2.05, 4.69) is 26.0 Å².